The molecule has 1 spiro atoms. The van der Waals surface area contributed by atoms with Crippen LogP contribution in [0.1, 0.15) is 44.3 Å². The minimum Gasteiger partial charge on any atom is -0.456 e. The van der Waals surface area contributed by atoms with Crippen LogP contribution in [0.3, 0.4) is 0 Å². The van der Waals surface area contributed by atoms with Crippen LogP contribution in [0, 0.1) is 0 Å². The second-order valence-corrected chi connectivity index (χ2v) is 9.32. The van der Waals surface area contributed by atoms with E-state index in [9.17, 15) is 14.4 Å². The van der Waals surface area contributed by atoms with E-state index in [1.54, 1.807) is 24.3 Å². The summed E-state index contributed by atoms with van der Waals surface area (Å²) >= 11 is 0. The molecule has 0 radical (unpaired) electrons. The van der Waals surface area contributed by atoms with Crippen molar-refractivity contribution in [3.8, 4) is 11.5 Å². The van der Waals surface area contributed by atoms with E-state index in [1.165, 1.54) is 6.92 Å². The van der Waals surface area contributed by atoms with Crippen LogP contribution in [0.5, 0.6) is 11.5 Å². The van der Waals surface area contributed by atoms with Gasteiger partial charge < -0.3 is 23.8 Å². The number of rotatable bonds is 4. The van der Waals surface area contributed by atoms with Gasteiger partial charge in [0.05, 0.1) is 11.1 Å². The first-order valence-corrected chi connectivity index (χ1v) is 12.0. The maximum Gasteiger partial charge on any atom is 0.341 e. The van der Waals surface area contributed by atoms with Crippen molar-refractivity contribution in [2.75, 3.05) is 25.8 Å². The maximum atomic E-state index is 13.2. The molecule has 0 N–H and O–H groups in total. The number of ether oxygens (including phenoxy) is 4. The maximum absolute atomic E-state index is 13.2. The Kier molecular flexibility index (Phi) is 5.34. The van der Waals surface area contributed by atoms with Crippen LogP contribution in [0.25, 0.3) is 10.8 Å². The summed E-state index contributed by atoms with van der Waals surface area (Å²) < 4.78 is 22.8. The largest absolute Gasteiger partial charge is 0.456 e. The summed E-state index contributed by atoms with van der Waals surface area (Å²) in [6.07, 6.45) is 0. The molecular formula is C30H23NO7. The molecule has 0 bridgehead atoms. The van der Waals surface area contributed by atoms with Crippen molar-refractivity contribution < 1.29 is 33.3 Å². The third kappa shape index (κ3) is 3.41. The fourth-order valence-electron chi connectivity index (χ4n) is 5.18. The molecule has 0 aliphatic carbocycles. The molecule has 190 valence electrons. The van der Waals surface area contributed by atoms with E-state index in [0.29, 0.717) is 39.1 Å². The lowest BCUT2D eigenvalue weighted by Gasteiger charge is -2.37. The summed E-state index contributed by atoms with van der Waals surface area (Å²) in [7, 11) is 3.84. The standard InChI is InChI=1S/C30H23NO7/c1-17(32)35-16-36-28(33)21-9-6-7-18-11-13-24-27(26(18)21)37-25-15-19(31(2)3)12-14-23(25)30(24)22-10-5-4-8-20(22)29(34)38-30/h4-15H,16H2,1-3H3. The number of benzene rings is 4. The highest BCUT2D eigenvalue weighted by Crippen LogP contribution is 2.58. The molecule has 0 saturated carbocycles. The van der Waals surface area contributed by atoms with Gasteiger partial charge in [-0.15, -0.1) is 0 Å². The normalized spacial score (nSPS) is 16.7. The van der Waals surface area contributed by atoms with Crippen molar-refractivity contribution in [1.82, 2.24) is 0 Å². The molecule has 1 unspecified atom stereocenters. The summed E-state index contributed by atoms with van der Waals surface area (Å²) in [5, 5.41) is 1.23. The Hall–Kier alpha value is -4.85. The van der Waals surface area contributed by atoms with Gasteiger partial charge in [0.1, 0.15) is 11.5 Å². The molecule has 0 fully saturated rings. The van der Waals surface area contributed by atoms with Crippen molar-refractivity contribution >= 4 is 34.4 Å². The number of carbonyl (C=O) groups is 3. The Labute approximate surface area is 218 Å². The molecule has 4 aromatic carbocycles. The van der Waals surface area contributed by atoms with E-state index >= 15 is 0 Å². The van der Waals surface area contributed by atoms with Crippen molar-refractivity contribution in [3.63, 3.8) is 0 Å². The fraction of sp³-hybridized carbons (Fsp3) is 0.167. The molecule has 8 nitrogen and oxygen atoms in total. The Bertz CT molecular complexity index is 1660. The van der Waals surface area contributed by atoms with E-state index in [1.807, 2.05) is 67.5 Å². The van der Waals surface area contributed by atoms with Gasteiger partial charge in [-0.05, 0) is 35.7 Å². The second-order valence-electron chi connectivity index (χ2n) is 9.32. The van der Waals surface area contributed by atoms with Gasteiger partial charge in [-0.1, -0.05) is 36.4 Å². The summed E-state index contributed by atoms with van der Waals surface area (Å²) in [5.74, 6) is -0.794. The number of nitrogens with zero attached hydrogens (tertiary/aromatic N) is 1. The summed E-state index contributed by atoms with van der Waals surface area (Å²) in [6, 6.07) is 22.0. The van der Waals surface area contributed by atoms with Crippen LogP contribution in [0.4, 0.5) is 5.69 Å². The zero-order valence-corrected chi connectivity index (χ0v) is 20.9. The lowest BCUT2D eigenvalue weighted by molar-refractivity contribution is -0.149. The average molecular weight is 510 g/mol. The highest BCUT2D eigenvalue weighted by Gasteiger charge is 2.54. The smallest absolute Gasteiger partial charge is 0.341 e. The molecule has 8 heteroatoms. The van der Waals surface area contributed by atoms with E-state index in [-0.39, 0.29) is 5.56 Å². The monoisotopic (exact) mass is 509 g/mol. The average Bonchev–Trinajstić information content (AvgIpc) is 3.20. The van der Waals surface area contributed by atoms with Gasteiger partial charge in [-0.25, -0.2) is 9.59 Å². The van der Waals surface area contributed by atoms with Crippen molar-refractivity contribution in [3.05, 3.63) is 101 Å². The third-order valence-corrected chi connectivity index (χ3v) is 6.89. The minimum atomic E-state index is -1.27. The van der Waals surface area contributed by atoms with Crippen LogP contribution in [-0.2, 0) is 24.6 Å². The van der Waals surface area contributed by atoms with Crippen LogP contribution < -0.4 is 9.64 Å². The molecule has 6 rings (SSSR count). The van der Waals surface area contributed by atoms with Crippen molar-refractivity contribution in [2.24, 2.45) is 0 Å². The molecule has 0 aromatic heterocycles. The highest BCUT2D eigenvalue weighted by atomic mass is 16.7. The minimum absolute atomic E-state index is 0.228. The number of fused-ring (bicyclic) bond motifs is 8. The summed E-state index contributed by atoms with van der Waals surface area (Å²) in [6.45, 7) is 0.722. The van der Waals surface area contributed by atoms with Gasteiger partial charge >= 0.3 is 17.9 Å². The Morgan fingerprint density at radius 2 is 1.68 bits per heavy atom. The van der Waals surface area contributed by atoms with E-state index in [2.05, 4.69) is 0 Å². The Morgan fingerprint density at radius 3 is 2.47 bits per heavy atom. The number of carbonyl (C=O) groups excluding carboxylic acids is 3. The fourth-order valence-corrected chi connectivity index (χ4v) is 5.18. The Balaban J connectivity index is 1.63. The molecule has 2 heterocycles. The van der Waals surface area contributed by atoms with Gasteiger partial charge in [0.15, 0.2) is 5.60 Å². The predicted octanol–water partition coefficient (Wildman–Crippen LogP) is 5.15. The third-order valence-electron chi connectivity index (χ3n) is 6.89. The highest BCUT2D eigenvalue weighted by molar-refractivity contribution is 6.08. The quantitative estimate of drug-likeness (QED) is 0.276. The molecule has 0 amide bonds. The van der Waals surface area contributed by atoms with Gasteiger partial charge in [0.2, 0.25) is 6.79 Å². The lowest BCUT2D eigenvalue weighted by atomic mass is 9.76. The van der Waals surface area contributed by atoms with Gasteiger partial charge in [0.25, 0.3) is 0 Å². The van der Waals surface area contributed by atoms with Gasteiger partial charge in [0, 0.05) is 54.8 Å². The predicted molar refractivity (Wildman–Crippen MR) is 139 cm³/mol. The second kappa shape index (κ2) is 8.62. The van der Waals surface area contributed by atoms with Crippen LogP contribution >= 0.6 is 0 Å². The topological polar surface area (TPSA) is 91.4 Å². The molecule has 2 aliphatic heterocycles. The number of hydrogen-bond acceptors (Lipinski definition) is 8. The molecule has 0 saturated heterocycles. The van der Waals surface area contributed by atoms with E-state index in [0.717, 1.165) is 11.1 Å². The first kappa shape index (κ1) is 23.5. The van der Waals surface area contributed by atoms with E-state index in [4.69, 9.17) is 18.9 Å². The molecule has 38 heavy (non-hydrogen) atoms. The molecular weight excluding hydrogens is 486 g/mol. The number of hydrogen-bond donors (Lipinski definition) is 0. The van der Waals surface area contributed by atoms with Crippen molar-refractivity contribution in [2.45, 2.75) is 12.5 Å². The molecule has 2 aliphatic rings. The SMILES string of the molecule is CC(=O)OCOC(=O)c1cccc2ccc3c(c12)Oc1cc(N(C)C)ccc1C31OC(=O)c2ccccc21. The van der Waals surface area contributed by atoms with Gasteiger partial charge in [-0.3, -0.25) is 4.79 Å². The number of anilines is 1. The van der Waals surface area contributed by atoms with Crippen LogP contribution in [-0.4, -0.2) is 38.8 Å². The lowest BCUT2D eigenvalue weighted by Crippen LogP contribution is -2.33. The number of esters is 3. The molecule has 4 aromatic rings. The van der Waals surface area contributed by atoms with Gasteiger partial charge in [-0.2, -0.15) is 0 Å². The van der Waals surface area contributed by atoms with Crippen LogP contribution in [0.2, 0.25) is 0 Å². The molecule has 1 atom stereocenters. The van der Waals surface area contributed by atoms with Crippen molar-refractivity contribution in [1.29, 1.82) is 0 Å². The first-order chi connectivity index (χ1) is 18.3. The zero-order valence-electron chi connectivity index (χ0n) is 20.9. The summed E-state index contributed by atoms with van der Waals surface area (Å²) in [4.78, 5) is 39.4. The summed E-state index contributed by atoms with van der Waals surface area (Å²) in [5.41, 5.74) is 2.29. The first-order valence-electron chi connectivity index (χ1n) is 12.0. The van der Waals surface area contributed by atoms with E-state index < -0.39 is 30.3 Å². The van der Waals surface area contributed by atoms with Crippen LogP contribution in [0.15, 0.2) is 72.8 Å². The zero-order chi connectivity index (χ0) is 26.6. The Morgan fingerprint density at radius 1 is 0.895 bits per heavy atom.